The maximum absolute atomic E-state index is 12.6. The first kappa shape index (κ1) is 63.2. The highest BCUT2D eigenvalue weighted by molar-refractivity contribution is 6.10. The summed E-state index contributed by atoms with van der Waals surface area (Å²) in [5, 5.41) is 0. The van der Waals surface area contributed by atoms with Crippen LogP contribution in [0, 0.1) is 45.3 Å². The number of benzene rings is 4. The molecule has 0 N–H and O–H groups in total. The van der Waals surface area contributed by atoms with Crippen molar-refractivity contribution in [3.05, 3.63) is 188 Å². The van der Waals surface area contributed by atoms with Crippen LogP contribution in [0.3, 0.4) is 0 Å². The van der Waals surface area contributed by atoms with Gasteiger partial charge in [-0.05, 0) is 117 Å². The Hall–Kier alpha value is -7.60. The van der Waals surface area contributed by atoms with Crippen molar-refractivity contribution in [2.45, 2.75) is 206 Å². The Labute approximate surface area is 541 Å². The number of allylic oxidation sites excluding steroid dienone is 4. The van der Waals surface area contributed by atoms with Gasteiger partial charge in [0.25, 0.3) is 0 Å². The van der Waals surface area contributed by atoms with Crippen molar-refractivity contribution in [1.29, 1.82) is 0 Å². The van der Waals surface area contributed by atoms with Crippen LogP contribution in [0.5, 0.6) is 0 Å². The topological polar surface area (TPSA) is 173 Å². The van der Waals surface area contributed by atoms with Crippen LogP contribution in [0.2, 0.25) is 0 Å². The molecular formula is C80H88O12. The third-order valence-electron chi connectivity index (χ3n) is 26.3. The Kier molecular flexibility index (Phi) is 14.4. The number of ether oxygens (including phenoxy) is 4. The molecule has 8 aliphatic carbocycles. The Balaban J connectivity index is 0.000000112. The SMILES string of the molecule is CCc1ccc2c(c1)[C@H]1[C@H]3C(=O)C=C[C@](C)([C@@H]1OC3=O)C2(C)C.CCc1ccc2c(c1)[C@H]1[C@H]3C(=O)C=C[C@](C)([C@@H]1OC3=O)C2(C)C.CCc1ccc2c(c1)[C@H]1[C@H]3C(=O)C=C[C@](C)([C@@H]1OC3=O)C2(C)C.CCc1ccc2c(c1)[C@H]1[C@H]3C(=O)C=C[C@](C)([C@@H]1OC3=O)C2(C)C. The first-order valence-electron chi connectivity index (χ1n) is 33.5. The Bertz CT molecular complexity index is 3550. The van der Waals surface area contributed by atoms with Crippen LogP contribution in [0.15, 0.2) is 121 Å². The molecule has 0 radical (unpaired) electrons. The molecule has 16 bridgehead atoms. The highest BCUT2D eigenvalue weighted by Gasteiger charge is 2.69. The molecule has 12 aliphatic rings. The zero-order valence-electron chi connectivity index (χ0n) is 56.2. The second-order valence-corrected chi connectivity index (χ2v) is 31.1. The molecule has 12 heteroatoms. The quantitative estimate of drug-likeness (QED) is 0.108. The van der Waals surface area contributed by atoms with Gasteiger partial charge in [-0.2, -0.15) is 0 Å². The van der Waals surface area contributed by atoms with E-state index in [0.29, 0.717) is 0 Å². The average molecular weight is 1240 g/mol. The fourth-order valence-electron chi connectivity index (χ4n) is 18.8. The first-order chi connectivity index (χ1) is 43.2. The molecule has 4 fully saturated rings. The number of fused-ring (bicyclic) bond motifs is 4. The number of esters is 4. The molecule has 4 aliphatic heterocycles. The molecule has 4 heterocycles. The van der Waals surface area contributed by atoms with Gasteiger partial charge in [-0.3, -0.25) is 38.4 Å². The molecule has 16 rings (SSSR count). The number of hydrogen-bond acceptors (Lipinski definition) is 12. The minimum atomic E-state index is -0.681. The fraction of sp³-hybridized carbons (Fsp3) is 0.500. The summed E-state index contributed by atoms with van der Waals surface area (Å²) < 4.78 is 23.0. The van der Waals surface area contributed by atoms with Gasteiger partial charge in [0.2, 0.25) is 0 Å². The highest BCUT2D eigenvalue weighted by Crippen LogP contribution is 2.66. The van der Waals surface area contributed by atoms with Crippen LogP contribution in [0.1, 0.15) is 201 Å². The smallest absolute Gasteiger partial charge is 0.317 e. The van der Waals surface area contributed by atoms with Crippen molar-refractivity contribution < 1.29 is 57.3 Å². The van der Waals surface area contributed by atoms with E-state index in [4.69, 9.17) is 18.9 Å². The van der Waals surface area contributed by atoms with Gasteiger partial charge in [-0.1, -0.05) is 208 Å². The van der Waals surface area contributed by atoms with Gasteiger partial charge < -0.3 is 18.9 Å². The van der Waals surface area contributed by atoms with Crippen molar-refractivity contribution in [3.63, 3.8) is 0 Å². The lowest BCUT2D eigenvalue weighted by atomic mass is 9.52. The second-order valence-electron chi connectivity index (χ2n) is 31.1. The summed E-state index contributed by atoms with van der Waals surface area (Å²) in [6.07, 6.45) is 17.1. The van der Waals surface area contributed by atoms with Crippen molar-refractivity contribution in [2.24, 2.45) is 45.3 Å². The molecule has 480 valence electrons. The molecule has 4 aromatic rings. The third kappa shape index (κ3) is 8.31. The summed E-state index contributed by atoms with van der Waals surface area (Å²) in [5.41, 5.74) is 12.0. The van der Waals surface area contributed by atoms with Gasteiger partial charge in [0.05, 0.1) is 0 Å². The number of rotatable bonds is 4. The summed E-state index contributed by atoms with van der Waals surface area (Å²) in [4.78, 5) is 99.8. The number of carbonyl (C=O) groups is 8. The summed E-state index contributed by atoms with van der Waals surface area (Å²) in [7, 11) is 0. The van der Waals surface area contributed by atoms with Crippen LogP contribution in [0.25, 0.3) is 0 Å². The normalized spacial score (nSPS) is 36.4. The summed E-state index contributed by atoms with van der Waals surface area (Å²) in [6, 6.07) is 26.1. The van der Waals surface area contributed by atoms with E-state index in [0.717, 1.165) is 47.9 Å². The van der Waals surface area contributed by atoms with Crippen LogP contribution < -0.4 is 0 Å². The van der Waals surface area contributed by atoms with Crippen molar-refractivity contribution in [2.75, 3.05) is 0 Å². The first-order valence-corrected chi connectivity index (χ1v) is 33.5. The van der Waals surface area contributed by atoms with E-state index in [1.54, 1.807) is 24.3 Å². The van der Waals surface area contributed by atoms with Crippen LogP contribution in [-0.4, -0.2) is 71.4 Å². The van der Waals surface area contributed by atoms with E-state index >= 15 is 0 Å². The molecule has 0 saturated carbocycles. The zero-order valence-corrected chi connectivity index (χ0v) is 56.2. The lowest BCUT2D eigenvalue weighted by molar-refractivity contribution is -0.152. The van der Waals surface area contributed by atoms with Gasteiger partial charge in [0, 0.05) is 67.0 Å². The van der Waals surface area contributed by atoms with E-state index < -0.39 is 23.7 Å². The molecule has 0 aromatic heterocycles. The summed E-state index contributed by atoms with van der Waals surface area (Å²) in [5.74, 6) is -5.25. The van der Waals surface area contributed by atoms with E-state index in [-0.39, 0.29) is 138 Å². The molecule has 4 aromatic carbocycles. The van der Waals surface area contributed by atoms with Gasteiger partial charge in [0.15, 0.2) is 23.1 Å². The van der Waals surface area contributed by atoms with Gasteiger partial charge in [0.1, 0.15) is 48.1 Å². The molecule has 0 spiro atoms. The number of hydrogen-bond donors (Lipinski definition) is 0. The Morgan fingerprint density at radius 2 is 0.478 bits per heavy atom. The molecule has 92 heavy (non-hydrogen) atoms. The lowest BCUT2D eigenvalue weighted by Crippen LogP contribution is -2.52. The van der Waals surface area contributed by atoms with E-state index in [1.165, 1.54) is 44.5 Å². The minimum absolute atomic E-state index is 0.114. The van der Waals surface area contributed by atoms with Crippen LogP contribution in [0.4, 0.5) is 0 Å². The Morgan fingerprint density at radius 3 is 0.652 bits per heavy atom. The number of carbonyl (C=O) groups excluding carboxylic acids is 8. The van der Waals surface area contributed by atoms with Gasteiger partial charge >= 0.3 is 23.9 Å². The predicted octanol–water partition coefficient (Wildman–Crippen LogP) is 13.2. The van der Waals surface area contributed by atoms with E-state index in [2.05, 4.69) is 184 Å². The average Bonchev–Trinajstić information content (AvgIpc) is 1.47. The summed E-state index contributed by atoms with van der Waals surface area (Å²) >= 11 is 0. The molecule has 12 nitrogen and oxygen atoms in total. The van der Waals surface area contributed by atoms with E-state index in [1.807, 2.05) is 24.3 Å². The van der Waals surface area contributed by atoms with Crippen LogP contribution >= 0.6 is 0 Å². The predicted molar refractivity (Wildman–Crippen MR) is 349 cm³/mol. The van der Waals surface area contributed by atoms with Crippen molar-refractivity contribution >= 4 is 47.0 Å². The van der Waals surface area contributed by atoms with E-state index in [9.17, 15) is 38.4 Å². The molecule has 4 saturated heterocycles. The molecular weight excluding hydrogens is 1150 g/mol. The summed E-state index contributed by atoms with van der Waals surface area (Å²) in [6.45, 7) is 34.5. The number of ketones is 4. The van der Waals surface area contributed by atoms with Crippen molar-refractivity contribution in [1.82, 2.24) is 0 Å². The molecule has 0 unspecified atom stereocenters. The fourth-order valence-corrected chi connectivity index (χ4v) is 18.8. The largest absolute Gasteiger partial charge is 0.460 e. The molecule has 16 atom stereocenters. The van der Waals surface area contributed by atoms with Gasteiger partial charge in [-0.25, -0.2) is 0 Å². The zero-order chi connectivity index (χ0) is 66.3. The van der Waals surface area contributed by atoms with Crippen molar-refractivity contribution in [3.8, 4) is 0 Å². The second kappa shape index (κ2) is 21.0. The molecule has 0 amide bonds. The highest BCUT2D eigenvalue weighted by atomic mass is 16.6. The Morgan fingerprint density at radius 1 is 0.293 bits per heavy atom. The lowest BCUT2D eigenvalue weighted by Gasteiger charge is -2.52. The maximum Gasteiger partial charge on any atom is 0.317 e. The van der Waals surface area contributed by atoms with Crippen LogP contribution in [-0.2, 0) is 105 Å². The minimum Gasteiger partial charge on any atom is -0.460 e. The number of aryl methyl sites for hydroxylation is 4. The third-order valence-corrected chi connectivity index (χ3v) is 26.3. The van der Waals surface area contributed by atoms with Gasteiger partial charge in [-0.15, -0.1) is 0 Å². The monoisotopic (exact) mass is 1240 g/mol. The standard InChI is InChI=1S/4C20H22O3/c4*1-5-11-6-7-13-12(10-11)15-16-14(21)8-9-20(4,19(13,2)3)17(15)23-18(16)22/h4*6-10,15-17H,5H2,1-4H3/t4*15-,16+,17+,20+/m0000/s1. The maximum atomic E-state index is 12.6.